The van der Waals surface area contributed by atoms with Crippen molar-refractivity contribution in [3.05, 3.63) is 36.4 Å². The van der Waals surface area contributed by atoms with E-state index >= 15 is 0 Å². The number of hydrogen-bond donors (Lipinski definition) is 1. The fraction of sp³-hybridized carbons (Fsp3) is 0.200. The second kappa shape index (κ2) is 5.19. The van der Waals surface area contributed by atoms with Gasteiger partial charge in [0.15, 0.2) is 9.84 Å². The molecule has 0 aliphatic heterocycles. The molecule has 0 bridgehead atoms. The van der Waals surface area contributed by atoms with E-state index in [1.807, 2.05) is 6.92 Å². The zero-order chi connectivity index (χ0) is 10.8. The van der Waals surface area contributed by atoms with Gasteiger partial charge in [-0.15, -0.1) is 19.0 Å². The smallest absolute Gasteiger partial charge is 0.181 e. The number of hydrogen-bond acceptors (Lipinski definition) is 3. The van der Waals surface area contributed by atoms with Gasteiger partial charge >= 0.3 is 0 Å². The molecule has 15 heavy (non-hydrogen) atoms. The lowest BCUT2D eigenvalue weighted by atomic mass is 10.2. The van der Waals surface area contributed by atoms with E-state index in [1.165, 1.54) is 12.1 Å². The highest BCUT2D eigenvalue weighted by Gasteiger charge is 2.12. The van der Waals surface area contributed by atoms with E-state index in [2.05, 4.69) is 6.58 Å². The molecule has 5 heteroatoms. The van der Waals surface area contributed by atoms with Crippen molar-refractivity contribution in [2.45, 2.75) is 11.8 Å². The van der Waals surface area contributed by atoms with Gasteiger partial charge in [0.1, 0.15) is 0 Å². The summed E-state index contributed by atoms with van der Waals surface area (Å²) in [5, 5.41) is 0. The monoisotopic (exact) mass is 247 g/mol. The summed E-state index contributed by atoms with van der Waals surface area (Å²) in [7, 11) is -3.25. The highest BCUT2D eigenvalue weighted by atomic mass is 35.5. The average molecular weight is 248 g/mol. The molecule has 84 valence electrons. The van der Waals surface area contributed by atoms with Crippen molar-refractivity contribution in [3.63, 3.8) is 0 Å². The van der Waals surface area contributed by atoms with Crippen LogP contribution in [0.15, 0.2) is 35.7 Å². The Balaban J connectivity index is 0.00000196. The number of aryl methyl sites for hydroxylation is 1. The first kappa shape index (κ1) is 14.0. The van der Waals surface area contributed by atoms with Crippen molar-refractivity contribution in [1.82, 2.24) is 0 Å². The van der Waals surface area contributed by atoms with Crippen LogP contribution in [0.3, 0.4) is 0 Å². The van der Waals surface area contributed by atoms with Gasteiger partial charge in [-0.05, 0) is 24.6 Å². The van der Waals surface area contributed by atoms with Gasteiger partial charge in [-0.25, -0.2) is 8.42 Å². The highest BCUT2D eigenvalue weighted by Crippen LogP contribution is 2.18. The van der Waals surface area contributed by atoms with E-state index in [0.29, 0.717) is 5.69 Å². The van der Waals surface area contributed by atoms with E-state index < -0.39 is 9.84 Å². The Morgan fingerprint density at radius 3 is 2.53 bits per heavy atom. The van der Waals surface area contributed by atoms with Gasteiger partial charge in [0.2, 0.25) is 0 Å². The van der Waals surface area contributed by atoms with Crippen LogP contribution >= 0.6 is 12.4 Å². The normalized spacial score (nSPS) is 10.5. The maximum Gasteiger partial charge on any atom is 0.181 e. The molecule has 0 unspecified atom stereocenters. The zero-order valence-electron chi connectivity index (χ0n) is 8.43. The van der Waals surface area contributed by atoms with E-state index in [1.54, 1.807) is 12.1 Å². The second-order valence-corrected chi connectivity index (χ2v) is 5.12. The van der Waals surface area contributed by atoms with Crippen LogP contribution in [0.5, 0.6) is 0 Å². The number of nitrogen functional groups attached to an aromatic ring is 1. The highest BCUT2D eigenvalue weighted by molar-refractivity contribution is 7.91. The molecule has 3 nitrogen and oxygen atoms in total. The summed E-state index contributed by atoms with van der Waals surface area (Å²) in [5.74, 6) is -0.0600. The van der Waals surface area contributed by atoms with E-state index in [4.69, 9.17) is 5.73 Å². The van der Waals surface area contributed by atoms with Crippen molar-refractivity contribution < 1.29 is 8.42 Å². The topological polar surface area (TPSA) is 60.2 Å². The lowest BCUT2D eigenvalue weighted by Crippen LogP contribution is -2.05. The van der Waals surface area contributed by atoms with Gasteiger partial charge in [0.05, 0.1) is 10.6 Å². The summed E-state index contributed by atoms with van der Waals surface area (Å²) < 4.78 is 23.1. The summed E-state index contributed by atoms with van der Waals surface area (Å²) in [6.07, 6.45) is 1.37. The first-order valence-corrected chi connectivity index (χ1v) is 5.82. The van der Waals surface area contributed by atoms with Crippen molar-refractivity contribution in [2.75, 3.05) is 11.5 Å². The molecule has 0 atom stereocenters. The molecule has 1 aromatic rings. The van der Waals surface area contributed by atoms with E-state index in [9.17, 15) is 8.42 Å². The zero-order valence-corrected chi connectivity index (χ0v) is 10.1. The van der Waals surface area contributed by atoms with Crippen LogP contribution in [-0.4, -0.2) is 14.2 Å². The number of nitrogens with two attached hydrogens (primary N) is 1. The van der Waals surface area contributed by atoms with Crippen LogP contribution < -0.4 is 5.73 Å². The molecule has 0 aromatic heterocycles. The van der Waals surface area contributed by atoms with Crippen molar-refractivity contribution >= 4 is 27.9 Å². The molecule has 0 fully saturated rings. The molecule has 2 N–H and O–H groups in total. The van der Waals surface area contributed by atoms with E-state index in [-0.39, 0.29) is 23.1 Å². The van der Waals surface area contributed by atoms with Gasteiger partial charge in [-0.3, -0.25) is 0 Å². The average Bonchev–Trinajstić information content (AvgIpc) is 2.09. The molecular weight excluding hydrogens is 234 g/mol. The lowest BCUT2D eigenvalue weighted by molar-refractivity contribution is 0.599. The van der Waals surface area contributed by atoms with Crippen molar-refractivity contribution in [1.29, 1.82) is 0 Å². The van der Waals surface area contributed by atoms with Gasteiger partial charge < -0.3 is 5.73 Å². The van der Waals surface area contributed by atoms with Crippen LogP contribution in [0.1, 0.15) is 5.56 Å². The molecule has 0 heterocycles. The van der Waals surface area contributed by atoms with Gasteiger partial charge in [-0.2, -0.15) is 0 Å². The lowest BCUT2D eigenvalue weighted by Gasteiger charge is -2.04. The second-order valence-electron chi connectivity index (χ2n) is 3.09. The van der Waals surface area contributed by atoms with Crippen LogP contribution in [0.4, 0.5) is 5.69 Å². The van der Waals surface area contributed by atoms with Crippen LogP contribution in [0, 0.1) is 6.92 Å². The van der Waals surface area contributed by atoms with E-state index in [0.717, 1.165) is 5.56 Å². The standard InChI is InChI=1S/C10H13NO2S.ClH/c1-3-6-14(12,13)9-5-4-8(2)10(11)7-9;/h3-5,7H,1,6,11H2,2H3;1H. The molecule has 0 saturated carbocycles. The Morgan fingerprint density at radius 1 is 1.47 bits per heavy atom. The first-order chi connectivity index (χ1) is 6.47. The minimum atomic E-state index is -3.25. The minimum absolute atomic E-state index is 0. The Hall–Kier alpha value is -1.00. The van der Waals surface area contributed by atoms with Crippen LogP contribution in [0.25, 0.3) is 0 Å². The molecule has 0 radical (unpaired) electrons. The predicted octanol–water partition coefficient (Wildman–Crippen LogP) is 1.96. The summed E-state index contributed by atoms with van der Waals surface area (Å²) in [6, 6.07) is 4.74. The number of halogens is 1. The summed E-state index contributed by atoms with van der Waals surface area (Å²) in [5.41, 5.74) is 7.00. The van der Waals surface area contributed by atoms with Crippen molar-refractivity contribution in [2.24, 2.45) is 0 Å². The van der Waals surface area contributed by atoms with Gasteiger partial charge in [0.25, 0.3) is 0 Å². The third kappa shape index (κ3) is 3.25. The summed E-state index contributed by atoms with van der Waals surface area (Å²) >= 11 is 0. The Bertz CT molecular complexity index is 454. The Labute approximate surface area is 96.3 Å². The number of anilines is 1. The molecule has 1 aromatic carbocycles. The number of benzene rings is 1. The number of rotatable bonds is 3. The quantitative estimate of drug-likeness (QED) is 0.656. The van der Waals surface area contributed by atoms with Gasteiger partial charge in [-0.1, -0.05) is 12.1 Å². The number of sulfone groups is 1. The fourth-order valence-electron chi connectivity index (χ4n) is 1.06. The first-order valence-electron chi connectivity index (χ1n) is 4.17. The van der Waals surface area contributed by atoms with Crippen LogP contribution in [-0.2, 0) is 9.84 Å². The maximum absolute atomic E-state index is 11.6. The largest absolute Gasteiger partial charge is 0.398 e. The molecule has 0 aliphatic carbocycles. The molecular formula is C10H14ClNO2S. The molecule has 0 amide bonds. The Kier molecular flexibility index (Phi) is 4.84. The maximum atomic E-state index is 11.6. The Morgan fingerprint density at radius 2 is 2.07 bits per heavy atom. The SMILES string of the molecule is C=CCS(=O)(=O)c1ccc(C)c(N)c1.Cl. The summed E-state index contributed by atoms with van der Waals surface area (Å²) in [4.78, 5) is 0.250. The molecule has 0 spiro atoms. The van der Waals surface area contributed by atoms with Crippen molar-refractivity contribution in [3.8, 4) is 0 Å². The molecule has 0 aliphatic rings. The third-order valence-corrected chi connectivity index (χ3v) is 3.59. The fourth-order valence-corrected chi connectivity index (χ4v) is 2.15. The molecule has 1 rings (SSSR count). The third-order valence-electron chi connectivity index (χ3n) is 1.95. The van der Waals surface area contributed by atoms with Crippen LogP contribution in [0.2, 0.25) is 0 Å². The van der Waals surface area contributed by atoms with Gasteiger partial charge in [0, 0.05) is 5.69 Å². The predicted molar refractivity (Wildman–Crippen MR) is 65.1 cm³/mol. The summed E-state index contributed by atoms with van der Waals surface area (Å²) in [6.45, 7) is 5.23. The minimum Gasteiger partial charge on any atom is -0.398 e. The molecule has 0 saturated heterocycles.